The highest BCUT2D eigenvalue weighted by molar-refractivity contribution is 6.96. The van der Waals surface area contributed by atoms with Crippen LogP contribution in [0.4, 0.5) is 0 Å². The lowest BCUT2D eigenvalue weighted by atomic mass is 9.33. The molecule has 0 radical (unpaired) electrons. The van der Waals surface area contributed by atoms with Gasteiger partial charge in [-0.25, -0.2) is 0 Å². The maximum absolute atomic E-state index is 2.60. The summed E-state index contributed by atoms with van der Waals surface area (Å²) >= 11 is 0. The van der Waals surface area contributed by atoms with Gasteiger partial charge < -0.3 is 0 Å². The first kappa shape index (κ1) is 34.4. The zero-order valence-electron chi connectivity index (χ0n) is 34.2. The lowest BCUT2D eigenvalue weighted by Crippen LogP contribution is -2.56. The van der Waals surface area contributed by atoms with Gasteiger partial charge >= 0.3 is 0 Å². The molecule has 1 heteroatoms. The van der Waals surface area contributed by atoms with E-state index in [4.69, 9.17) is 0 Å². The van der Waals surface area contributed by atoms with Crippen LogP contribution in [0.3, 0.4) is 0 Å². The van der Waals surface area contributed by atoms with Crippen molar-refractivity contribution in [2.75, 3.05) is 0 Å². The second kappa shape index (κ2) is 12.4. The summed E-state index contributed by atoms with van der Waals surface area (Å²) in [6.07, 6.45) is 0. The monoisotopic (exact) mass is 750 g/mol. The zero-order valence-corrected chi connectivity index (χ0v) is 34.2. The van der Waals surface area contributed by atoms with Gasteiger partial charge in [0.15, 0.2) is 0 Å². The van der Waals surface area contributed by atoms with Gasteiger partial charge in [0.1, 0.15) is 0 Å². The van der Waals surface area contributed by atoms with E-state index in [1.54, 1.807) is 0 Å². The van der Waals surface area contributed by atoms with E-state index < -0.39 is 5.41 Å². The second-order valence-corrected chi connectivity index (χ2v) is 17.3. The molecule has 9 aromatic rings. The minimum absolute atomic E-state index is 0.118. The first-order valence-corrected chi connectivity index (χ1v) is 21.1. The lowest BCUT2D eigenvalue weighted by Gasteiger charge is -2.31. The van der Waals surface area contributed by atoms with E-state index in [1.807, 2.05) is 0 Å². The normalized spacial score (nSPS) is 13.3. The van der Waals surface area contributed by atoms with Crippen molar-refractivity contribution in [2.24, 2.45) is 0 Å². The van der Waals surface area contributed by atoms with E-state index in [1.165, 1.54) is 133 Å². The number of benzene rings is 9. The Morgan fingerprint density at radius 3 is 1.41 bits per heavy atom. The van der Waals surface area contributed by atoms with Crippen molar-refractivity contribution in [2.45, 2.75) is 40.0 Å². The van der Waals surface area contributed by atoms with Crippen LogP contribution in [0.25, 0.3) is 66.4 Å². The Bertz CT molecular complexity index is 3140. The van der Waals surface area contributed by atoms with Crippen molar-refractivity contribution >= 4 is 33.9 Å². The molecular formula is C58H43B. The van der Waals surface area contributed by atoms with Crippen LogP contribution < -0.4 is 16.4 Å². The summed E-state index contributed by atoms with van der Waals surface area (Å²) in [5.74, 6) is 0. The average molecular weight is 751 g/mol. The fourth-order valence-corrected chi connectivity index (χ4v) is 12.0. The van der Waals surface area contributed by atoms with Crippen LogP contribution in [0.5, 0.6) is 0 Å². The number of hydrogen-bond donors (Lipinski definition) is 0. The first-order valence-electron chi connectivity index (χ1n) is 21.1. The zero-order chi connectivity index (χ0) is 39.7. The van der Waals surface area contributed by atoms with Gasteiger partial charge in [-0.3, -0.25) is 0 Å². The summed E-state index contributed by atoms with van der Waals surface area (Å²) in [7, 11) is 0. The Morgan fingerprint density at radius 1 is 0.339 bits per heavy atom. The third kappa shape index (κ3) is 4.46. The predicted molar refractivity (Wildman–Crippen MR) is 251 cm³/mol. The van der Waals surface area contributed by atoms with Crippen molar-refractivity contribution < 1.29 is 0 Å². The Balaban J connectivity index is 1.20. The maximum Gasteiger partial charge on any atom is 0.242 e. The standard InChI is InChI=1S/C58H43B/c1-34-16-12-17-35(2)56(34)59(57-36(3)18-13-19-37(57)4)51-31-30-40(32-38(51)5)53-54-45-26-15-21-39-20-14-25-43(52(39)45)46(54)33-50-55(53)44-24-8-11-29-49(44)58(50)47-27-9-6-22-41(47)42-23-7-10-28-48(42)58/h6-33H,1-5H3. The quantitative estimate of drug-likeness (QED) is 0.157. The van der Waals surface area contributed by atoms with E-state index in [9.17, 15) is 0 Å². The molecule has 0 aliphatic heterocycles. The molecule has 0 nitrogen and oxygen atoms in total. The van der Waals surface area contributed by atoms with Crippen LogP contribution in [0.1, 0.15) is 50.1 Å². The van der Waals surface area contributed by atoms with Gasteiger partial charge in [0, 0.05) is 0 Å². The molecule has 12 rings (SSSR count). The van der Waals surface area contributed by atoms with Crippen molar-refractivity contribution in [3.8, 4) is 55.6 Å². The Kier molecular flexibility index (Phi) is 7.22. The summed E-state index contributed by atoms with van der Waals surface area (Å²) in [5, 5.41) is 2.66. The van der Waals surface area contributed by atoms with Crippen LogP contribution in [-0.2, 0) is 5.41 Å². The van der Waals surface area contributed by atoms with Gasteiger partial charge in [-0.05, 0) is 129 Å². The van der Waals surface area contributed by atoms with E-state index in [-0.39, 0.29) is 6.71 Å². The van der Waals surface area contributed by atoms with Gasteiger partial charge in [-0.2, -0.15) is 0 Å². The van der Waals surface area contributed by atoms with Gasteiger partial charge in [0.2, 0.25) is 6.71 Å². The molecule has 1 spiro atoms. The van der Waals surface area contributed by atoms with Crippen LogP contribution in [0.2, 0.25) is 0 Å². The van der Waals surface area contributed by atoms with Crippen LogP contribution >= 0.6 is 0 Å². The molecule has 0 heterocycles. The summed E-state index contributed by atoms with van der Waals surface area (Å²) in [6.45, 7) is 11.6. The van der Waals surface area contributed by atoms with Crippen LogP contribution in [0.15, 0.2) is 170 Å². The molecule has 59 heavy (non-hydrogen) atoms. The van der Waals surface area contributed by atoms with E-state index in [0.29, 0.717) is 0 Å². The molecule has 278 valence electrons. The largest absolute Gasteiger partial charge is 0.242 e. The number of fused-ring (bicyclic) bond motifs is 13. The molecule has 0 amide bonds. The van der Waals surface area contributed by atoms with Gasteiger partial charge in [0.25, 0.3) is 0 Å². The smallest absolute Gasteiger partial charge is 0.0661 e. The number of hydrogen-bond acceptors (Lipinski definition) is 0. The maximum atomic E-state index is 2.60. The molecule has 0 unspecified atom stereocenters. The highest BCUT2D eigenvalue weighted by Crippen LogP contribution is 2.67. The Labute approximate surface area is 348 Å². The van der Waals surface area contributed by atoms with Crippen molar-refractivity contribution in [3.63, 3.8) is 0 Å². The lowest BCUT2D eigenvalue weighted by molar-refractivity contribution is 0.794. The Morgan fingerprint density at radius 2 is 0.831 bits per heavy atom. The first-order chi connectivity index (χ1) is 28.9. The van der Waals surface area contributed by atoms with Gasteiger partial charge in [0.05, 0.1) is 5.41 Å². The van der Waals surface area contributed by atoms with Crippen LogP contribution in [0, 0.1) is 34.6 Å². The van der Waals surface area contributed by atoms with Gasteiger partial charge in [-0.15, -0.1) is 0 Å². The molecule has 0 bridgehead atoms. The third-order valence-corrected chi connectivity index (χ3v) is 14.3. The van der Waals surface area contributed by atoms with Gasteiger partial charge in [-0.1, -0.05) is 208 Å². The van der Waals surface area contributed by atoms with Crippen molar-refractivity contribution in [3.05, 3.63) is 220 Å². The van der Waals surface area contributed by atoms with E-state index >= 15 is 0 Å². The highest BCUT2D eigenvalue weighted by Gasteiger charge is 2.53. The van der Waals surface area contributed by atoms with Crippen molar-refractivity contribution in [1.29, 1.82) is 0 Å². The average Bonchev–Trinajstić information content (AvgIpc) is 3.85. The molecule has 0 saturated carbocycles. The number of rotatable bonds is 4. The summed E-state index contributed by atoms with van der Waals surface area (Å²) < 4.78 is 0. The fourth-order valence-electron chi connectivity index (χ4n) is 12.0. The highest BCUT2D eigenvalue weighted by atomic mass is 14.5. The van der Waals surface area contributed by atoms with Crippen LogP contribution in [-0.4, -0.2) is 6.71 Å². The fraction of sp³-hybridized carbons (Fsp3) is 0.103. The molecule has 0 fully saturated rings. The predicted octanol–water partition coefficient (Wildman–Crippen LogP) is 12.6. The summed E-state index contributed by atoms with van der Waals surface area (Å²) in [5.41, 5.74) is 29.3. The number of aryl methyl sites for hydroxylation is 5. The molecule has 3 aliphatic carbocycles. The molecule has 0 aromatic heterocycles. The molecule has 9 aromatic carbocycles. The summed E-state index contributed by atoms with van der Waals surface area (Å²) in [6, 6.07) is 65.0. The molecule has 0 atom stereocenters. The third-order valence-electron chi connectivity index (χ3n) is 14.3. The molecule has 0 N–H and O–H groups in total. The molecule has 0 saturated heterocycles. The molecular weight excluding hydrogens is 707 g/mol. The topological polar surface area (TPSA) is 0 Å². The molecule has 3 aliphatic rings. The minimum atomic E-state index is -0.434. The Hall–Kier alpha value is -6.70. The SMILES string of the molecule is Cc1cc(-c2c3c(cc4c2-c2ccccc2C42c4ccccc4-c4ccccc42)-c2cccc4cccc-3c24)ccc1B(c1c(C)cccc1C)c1c(C)cccc1C. The minimum Gasteiger partial charge on any atom is -0.0661 e. The summed E-state index contributed by atoms with van der Waals surface area (Å²) in [4.78, 5) is 0. The van der Waals surface area contributed by atoms with Crippen molar-refractivity contribution in [1.82, 2.24) is 0 Å². The van der Waals surface area contributed by atoms with E-state index in [0.717, 1.165) is 0 Å². The van der Waals surface area contributed by atoms with E-state index in [2.05, 4.69) is 204 Å². The second-order valence-electron chi connectivity index (χ2n) is 17.3.